The van der Waals surface area contributed by atoms with Crippen molar-refractivity contribution >= 4 is 19.0 Å². The lowest BCUT2D eigenvalue weighted by molar-refractivity contribution is 0.633. The van der Waals surface area contributed by atoms with Crippen LogP contribution in [0, 0.1) is 5.82 Å². The van der Waals surface area contributed by atoms with Gasteiger partial charge in [0.2, 0.25) is 0 Å². The Kier molecular flexibility index (Phi) is 1.43. The van der Waals surface area contributed by atoms with Gasteiger partial charge >= 0.3 is 0 Å². The molecule has 44 valence electrons. The van der Waals surface area contributed by atoms with Gasteiger partial charge in [-0.2, -0.15) is 0 Å². The molecule has 0 aliphatic rings. The van der Waals surface area contributed by atoms with Gasteiger partial charge in [0.1, 0.15) is 13.7 Å². The average Bonchev–Trinajstić information content (AvgIpc) is 1.80. The van der Waals surface area contributed by atoms with Crippen molar-refractivity contribution in [3.63, 3.8) is 0 Å². The lowest BCUT2D eigenvalue weighted by atomic mass is 9.96. The molecule has 0 aliphatic carbocycles. The third kappa shape index (κ3) is 1.22. The lowest BCUT2D eigenvalue weighted by Crippen LogP contribution is -2.03. The molecule has 0 bridgehead atoms. The highest BCUT2D eigenvalue weighted by Crippen LogP contribution is 2.04. The molecule has 1 nitrogen and oxygen atoms in total. The number of halogens is 1. The van der Waals surface area contributed by atoms with Gasteiger partial charge in [0.25, 0.3) is 0 Å². The minimum atomic E-state index is -0.463. The fraction of sp³-hybridized carbons (Fsp3) is 0. The average molecular weight is 121 g/mol. The fourth-order valence-electron chi connectivity index (χ4n) is 0.543. The van der Waals surface area contributed by atoms with E-state index >= 15 is 0 Å². The van der Waals surface area contributed by atoms with E-state index in [4.69, 9.17) is 13.6 Å². The van der Waals surface area contributed by atoms with Crippen molar-refractivity contribution in [3.05, 3.63) is 24.0 Å². The van der Waals surface area contributed by atoms with Gasteiger partial charge in [-0.25, -0.2) is 4.39 Å². The second-order valence-electron chi connectivity index (χ2n) is 1.78. The molecule has 3 heteroatoms. The first kappa shape index (κ1) is 6.14. The molecular weight excluding hydrogens is 116 g/mol. The van der Waals surface area contributed by atoms with Crippen LogP contribution in [-0.2, 0) is 0 Å². The predicted octanol–water partition coefficient (Wildman–Crippen LogP) is 0.202. The second kappa shape index (κ2) is 2.09. The first-order chi connectivity index (χ1) is 4.20. The highest BCUT2D eigenvalue weighted by atomic mass is 19.1. The van der Waals surface area contributed by atoms with Gasteiger partial charge in [-0.1, -0.05) is 11.5 Å². The maximum Gasteiger partial charge on any atom is 0.145 e. The van der Waals surface area contributed by atoms with Crippen LogP contribution in [0.1, 0.15) is 0 Å². The number of rotatable bonds is 0. The Morgan fingerprint density at radius 1 is 1.44 bits per heavy atom. The summed E-state index contributed by atoms with van der Waals surface area (Å²) in [6.07, 6.45) is 0. The van der Waals surface area contributed by atoms with E-state index in [9.17, 15) is 4.39 Å². The topological polar surface area (TPSA) is 26.0 Å². The molecule has 2 radical (unpaired) electrons. The van der Waals surface area contributed by atoms with Crippen LogP contribution in [0.3, 0.4) is 0 Å². The van der Waals surface area contributed by atoms with E-state index in [0.717, 1.165) is 0 Å². The van der Waals surface area contributed by atoms with Crippen molar-refractivity contribution in [2.75, 3.05) is 5.73 Å². The van der Waals surface area contributed by atoms with Crippen molar-refractivity contribution in [1.29, 1.82) is 0 Å². The van der Waals surface area contributed by atoms with Crippen LogP contribution in [0.5, 0.6) is 0 Å². The molecule has 0 amide bonds. The minimum absolute atomic E-state index is 0.129. The summed E-state index contributed by atoms with van der Waals surface area (Å²) >= 11 is 0. The van der Waals surface area contributed by atoms with Crippen LogP contribution in [0.15, 0.2) is 18.2 Å². The molecule has 0 spiro atoms. The molecule has 0 heterocycles. The maximum atomic E-state index is 12.4. The smallest absolute Gasteiger partial charge is 0.145 e. The zero-order valence-electron chi connectivity index (χ0n) is 4.76. The standard InChI is InChI=1S/C6H5BFN/c7-4-1-2-6(9)5(8)3-4/h1-3H,9H2. The van der Waals surface area contributed by atoms with Crippen molar-refractivity contribution in [3.8, 4) is 0 Å². The molecule has 0 saturated heterocycles. The summed E-state index contributed by atoms with van der Waals surface area (Å²) in [5.41, 5.74) is 5.68. The van der Waals surface area contributed by atoms with Gasteiger partial charge in [0.05, 0.1) is 5.69 Å². The van der Waals surface area contributed by atoms with Gasteiger partial charge in [-0.05, 0) is 12.1 Å². The number of hydrogen-bond acceptors (Lipinski definition) is 1. The molecule has 0 unspecified atom stereocenters. The van der Waals surface area contributed by atoms with E-state index in [2.05, 4.69) is 0 Å². The molecule has 1 rings (SSSR count). The molecule has 9 heavy (non-hydrogen) atoms. The van der Waals surface area contributed by atoms with Gasteiger partial charge in [-0.3, -0.25) is 0 Å². The predicted molar refractivity (Wildman–Crippen MR) is 36.2 cm³/mol. The van der Waals surface area contributed by atoms with Crippen molar-refractivity contribution in [1.82, 2.24) is 0 Å². The van der Waals surface area contributed by atoms with Crippen LogP contribution < -0.4 is 11.2 Å². The summed E-state index contributed by atoms with van der Waals surface area (Å²) in [6, 6.07) is 4.18. The first-order valence-electron chi connectivity index (χ1n) is 2.50. The van der Waals surface area contributed by atoms with Gasteiger partial charge in [0.15, 0.2) is 0 Å². The van der Waals surface area contributed by atoms with Crippen LogP contribution in [0.4, 0.5) is 10.1 Å². The second-order valence-corrected chi connectivity index (χ2v) is 1.78. The zero-order valence-corrected chi connectivity index (χ0v) is 4.76. The summed E-state index contributed by atoms with van der Waals surface area (Å²) in [7, 11) is 5.23. The summed E-state index contributed by atoms with van der Waals surface area (Å²) in [4.78, 5) is 0. The summed E-state index contributed by atoms with van der Waals surface area (Å²) < 4.78 is 12.4. The monoisotopic (exact) mass is 121 g/mol. The van der Waals surface area contributed by atoms with Crippen molar-refractivity contribution in [2.24, 2.45) is 0 Å². The Balaban J connectivity index is 3.17. The van der Waals surface area contributed by atoms with Crippen LogP contribution >= 0.6 is 0 Å². The summed E-state index contributed by atoms with van der Waals surface area (Å²) in [6.45, 7) is 0. The van der Waals surface area contributed by atoms with E-state index in [1.54, 1.807) is 6.07 Å². The number of benzene rings is 1. The Bertz CT molecular complexity index is 224. The van der Waals surface area contributed by atoms with E-state index in [1.165, 1.54) is 12.1 Å². The van der Waals surface area contributed by atoms with Crippen molar-refractivity contribution in [2.45, 2.75) is 0 Å². The third-order valence-corrected chi connectivity index (χ3v) is 1.02. The Morgan fingerprint density at radius 3 is 2.56 bits per heavy atom. The number of hydrogen-bond donors (Lipinski definition) is 1. The van der Waals surface area contributed by atoms with Crippen LogP contribution in [0.25, 0.3) is 0 Å². The number of nitrogens with two attached hydrogens (primary N) is 1. The summed E-state index contributed by atoms with van der Waals surface area (Å²) in [5, 5.41) is 0. The highest BCUT2D eigenvalue weighted by molar-refractivity contribution is 6.32. The molecule has 2 N–H and O–H groups in total. The van der Waals surface area contributed by atoms with E-state index in [0.29, 0.717) is 5.46 Å². The van der Waals surface area contributed by atoms with E-state index in [-0.39, 0.29) is 5.69 Å². The SMILES string of the molecule is [B]c1ccc(N)c(F)c1. The van der Waals surface area contributed by atoms with E-state index < -0.39 is 5.82 Å². The quantitative estimate of drug-likeness (QED) is 0.385. The van der Waals surface area contributed by atoms with Crippen LogP contribution in [-0.4, -0.2) is 7.85 Å². The molecule has 0 atom stereocenters. The van der Waals surface area contributed by atoms with E-state index in [1.807, 2.05) is 0 Å². The number of nitrogen functional groups attached to an aromatic ring is 1. The number of anilines is 1. The molecule has 1 aromatic carbocycles. The Labute approximate surface area is 54.1 Å². The molecular formula is C6H5BFN. The van der Waals surface area contributed by atoms with Crippen LogP contribution in [0.2, 0.25) is 0 Å². The molecule has 0 fully saturated rings. The molecule has 0 aromatic heterocycles. The third-order valence-electron chi connectivity index (χ3n) is 1.02. The fourth-order valence-corrected chi connectivity index (χ4v) is 0.543. The zero-order chi connectivity index (χ0) is 6.85. The summed E-state index contributed by atoms with van der Waals surface area (Å²) in [5.74, 6) is -0.463. The minimum Gasteiger partial charge on any atom is -0.396 e. The molecule has 0 aliphatic heterocycles. The first-order valence-corrected chi connectivity index (χ1v) is 2.50. The highest BCUT2D eigenvalue weighted by Gasteiger charge is 1.93. The lowest BCUT2D eigenvalue weighted by Gasteiger charge is -1.95. The van der Waals surface area contributed by atoms with Gasteiger partial charge in [-0.15, -0.1) is 0 Å². The van der Waals surface area contributed by atoms with Gasteiger partial charge in [0, 0.05) is 0 Å². The Morgan fingerprint density at radius 2 is 2.11 bits per heavy atom. The normalized spacial score (nSPS) is 9.44. The Hall–Kier alpha value is -0.985. The molecule has 0 saturated carbocycles. The van der Waals surface area contributed by atoms with Crippen molar-refractivity contribution < 1.29 is 4.39 Å². The largest absolute Gasteiger partial charge is 0.396 e. The molecule has 1 aromatic rings. The maximum absolute atomic E-state index is 12.4. The van der Waals surface area contributed by atoms with Gasteiger partial charge < -0.3 is 5.73 Å².